The van der Waals surface area contributed by atoms with Gasteiger partial charge in [-0.05, 0) is 12.8 Å². The minimum atomic E-state index is -0.129. The Morgan fingerprint density at radius 2 is 2.24 bits per heavy atom. The van der Waals surface area contributed by atoms with Gasteiger partial charge >= 0.3 is 0 Å². The lowest BCUT2D eigenvalue weighted by atomic mass is 10.0. The topological polar surface area (TPSA) is 75.4 Å². The zero-order chi connectivity index (χ0) is 12.8. The third kappa shape index (κ3) is 4.00. The molecule has 5 heteroatoms. The van der Waals surface area contributed by atoms with Crippen LogP contribution in [0.1, 0.15) is 33.1 Å². The van der Waals surface area contributed by atoms with Crippen LogP contribution >= 0.6 is 0 Å². The largest absolute Gasteiger partial charge is 0.352 e. The van der Waals surface area contributed by atoms with Crippen molar-refractivity contribution in [2.75, 3.05) is 19.6 Å². The first-order valence-electron chi connectivity index (χ1n) is 6.36. The summed E-state index contributed by atoms with van der Waals surface area (Å²) in [7, 11) is 0. The van der Waals surface area contributed by atoms with Crippen molar-refractivity contribution in [2.24, 2.45) is 11.7 Å². The lowest BCUT2D eigenvalue weighted by Crippen LogP contribution is -2.51. The third-order valence-corrected chi connectivity index (χ3v) is 3.19. The van der Waals surface area contributed by atoms with Crippen molar-refractivity contribution in [3.8, 4) is 0 Å². The second-order valence-corrected chi connectivity index (χ2v) is 4.68. The summed E-state index contributed by atoms with van der Waals surface area (Å²) in [6.45, 7) is 5.45. The number of carbonyl (C=O) groups is 2. The normalized spacial score (nSPS) is 22.1. The van der Waals surface area contributed by atoms with Gasteiger partial charge in [0.25, 0.3) is 0 Å². The smallest absolute Gasteiger partial charge is 0.226 e. The van der Waals surface area contributed by atoms with Crippen molar-refractivity contribution in [3.05, 3.63) is 0 Å². The van der Waals surface area contributed by atoms with Crippen LogP contribution in [0.3, 0.4) is 0 Å². The zero-order valence-electron chi connectivity index (χ0n) is 10.7. The molecule has 3 N–H and O–H groups in total. The number of hydrogen-bond donors (Lipinski definition) is 2. The average molecular weight is 241 g/mol. The van der Waals surface area contributed by atoms with Gasteiger partial charge in [-0.2, -0.15) is 0 Å². The maximum absolute atomic E-state index is 12.0. The minimum Gasteiger partial charge on any atom is -0.352 e. The molecular weight excluding hydrogens is 218 g/mol. The van der Waals surface area contributed by atoms with E-state index in [0.717, 1.165) is 19.4 Å². The van der Waals surface area contributed by atoms with Gasteiger partial charge in [0.15, 0.2) is 0 Å². The van der Waals surface area contributed by atoms with Crippen LogP contribution in [0.15, 0.2) is 0 Å². The molecule has 0 aromatic rings. The maximum Gasteiger partial charge on any atom is 0.226 e. The fourth-order valence-corrected chi connectivity index (χ4v) is 2.04. The van der Waals surface area contributed by atoms with Crippen LogP contribution in [0.2, 0.25) is 0 Å². The predicted octanol–water partition coefficient (Wildman–Crippen LogP) is 0.0984. The van der Waals surface area contributed by atoms with Crippen molar-refractivity contribution >= 4 is 11.8 Å². The standard InChI is InChI=1S/C12H23N3O2/c1-3-11(16)14-10-5-4-6-15(8-10)12(17)9(2)7-13/h9-10H,3-8,13H2,1-2H3,(H,14,16). The summed E-state index contributed by atoms with van der Waals surface area (Å²) in [5.74, 6) is 0.0229. The Morgan fingerprint density at radius 1 is 1.53 bits per heavy atom. The van der Waals surface area contributed by atoms with Gasteiger partial charge in [-0.25, -0.2) is 0 Å². The van der Waals surface area contributed by atoms with Crippen molar-refractivity contribution < 1.29 is 9.59 Å². The van der Waals surface area contributed by atoms with Crippen LogP contribution < -0.4 is 11.1 Å². The van der Waals surface area contributed by atoms with Gasteiger partial charge in [0, 0.05) is 38.0 Å². The molecule has 98 valence electrons. The fourth-order valence-electron chi connectivity index (χ4n) is 2.04. The van der Waals surface area contributed by atoms with Gasteiger partial charge in [-0.3, -0.25) is 9.59 Å². The molecule has 0 aromatic carbocycles. The summed E-state index contributed by atoms with van der Waals surface area (Å²) in [4.78, 5) is 25.1. The van der Waals surface area contributed by atoms with E-state index in [1.54, 1.807) is 0 Å². The highest BCUT2D eigenvalue weighted by molar-refractivity contribution is 5.79. The minimum absolute atomic E-state index is 0.0520. The summed E-state index contributed by atoms with van der Waals surface area (Å²) >= 11 is 0. The molecule has 1 rings (SSSR count). The quantitative estimate of drug-likeness (QED) is 0.733. The zero-order valence-corrected chi connectivity index (χ0v) is 10.7. The molecule has 1 aliphatic rings. The number of rotatable bonds is 4. The first-order chi connectivity index (χ1) is 8.08. The molecule has 1 aliphatic heterocycles. The van der Waals surface area contributed by atoms with Crippen molar-refractivity contribution in [2.45, 2.75) is 39.2 Å². The molecule has 0 spiro atoms. The predicted molar refractivity (Wildman–Crippen MR) is 66.3 cm³/mol. The van der Waals surface area contributed by atoms with Crippen molar-refractivity contribution in [3.63, 3.8) is 0 Å². The number of hydrogen-bond acceptors (Lipinski definition) is 3. The first kappa shape index (κ1) is 14.0. The molecule has 0 aromatic heterocycles. The van der Waals surface area contributed by atoms with E-state index in [2.05, 4.69) is 5.32 Å². The number of carbonyl (C=O) groups excluding carboxylic acids is 2. The molecular formula is C12H23N3O2. The summed E-state index contributed by atoms with van der Waals surface area (Å²) < 4.78 is 0. The highest BCUT2D eigenvalue weighted by Gasteiger charge is 2.26. The van der Waals surface area contributed by atoms with Crippen molar-refractivity contribution in [1.82, 2.24) is 10.2 Å². The maximum atomic E-state index is 12.0. The molecule has 17 heavy (non-hydrogen) atoms. The Balaban J connectivity index is 2.48. The van der Waals surface area contributed by atoms with E-state index in [1.165, 1.54) is 0 Å². The molecule has 0 radical (unpaired) electrons. The first-order valence-corrected chi connectivity index (χ1v) is 6.36. The Hall–Kier alpha value is -1.10. The van der Waals surface area contributed by atoms with Gasteiger partial charge in [0.2, 0.25) is 11.8 Å². The number of likely N-dealkylation sites (tertiary alicyclic amines) is 1. The van der Waals surface area contributed by atoms with E-state index in [1.807, 2.05) is 18.7 Å². The Morgan fingerprint density at radius 3 is 2.82 bits per heavy atom. The Kier molecular flexibility index (Phi) is 5.41. The van der Waals surface area contributed by atoms with Crippen molar-refractivity contribution in [1.29, 1.82) is 0 Å². The summed E-state index contributed by atoms with van der Waals surface area (Å²) in [6, 6.07) is 0.102. The molecule has 5 nitrogen and oxygen atoms in total. The molecule has 2 amide bonds. The van der Waals surface area contributed by atoms with Crippen LogP contribution in [0.25, 0.3) is 0 Å². The number of piperidine rings is 1. The van der Waals surface area contributed by atoms with E-state index in [0.29, 0.717) is 19.5 Å². The summed E-state index contributed by atoms with van der Waals surface area (Å²) in [6.07, 6.45) is 2.38. The number of amides is 2. The van der Waals surface area contributed by atoms with Crippen LogP contribution in [-0.4, -0.2) is 42.4 Å². The Bertz CT molecular complexity index is 281. The van der Waals surface area contributed by atoms with E-state index in [4.69, 9.17) is 5.73 Å². The third-order valence-electron chi connectivity index (χ3n) is 3.19. The second-order valence-electron chi connectivity index (χ2n) is 4.68. The van der Waals surface area contributed by atoms with Gasteiger partial charge in [-0.1, -0.05) is 13.8 Å². The van der Waals surface area contributed by atoms with Crippen LogP contribution in [0.5, 0.6) is 0 Å². The molecule has 1 saturated heterocycles. The molecule has 0 bridgehead atoms. The molecule has 0 saturated carbocycles. The molecule has 2 unspecified atom stereocenters. The Labute approximate surface area is 103 Å². The van der Waals surface area contributed by atoms with Crippen LogP contribution in [-0.2, 0) is 9.59 Å². The number of nitrogens with two attached hydrogens (primary N) is 1. The van der Waals surface area contributed by atoms with E-state index in [9.17, 15) is 9.59 Å². The average Bonchev–Trinajstić information content (AvgIpc) is 2.37. The lowest BCUT2D eigenvalue weighted by molar-refractivity contribution is -0.136. The molecule has 1 heterocycles. The van der Waals surface area contributed by atoms with Gasteiger partial charge < -0.3 is 16.0 Å². The highest BCUT2D eigenvalue weighted by Crippen LogP contribution is 2.13. The fraction of sp³-hybridized carbons (Fsp3) is 0.833. The van der Waals surface area contributed by atoms with Gasteiger partial charge in [-0.15, -0.1) is 0 Å². The lowest BCUT2D eigenvalue weighted by Gasteiger charge is -2.34. The SMILES string of the molecule is CCC(=O)NC1CCCN(C(=O)C(C)CN)C1. The summed E-state index contributed by atoms with van der Waals surface area (Å²) in [5.41, 5.74) is 5.50. The second kappa shape index (κ2) is 6.59. The molecule has 1 fully saturated rings. The van der Waals surface area contributed by atoms with Gasteiger partial charge in [0.05, 0.1) is 0 Å². The summed E-state index contributed by atoms with van der Waals surface area (Å²) in [5, 5.41) is 2.95. The van der Waals surface area contributed by atoms with Gasteiger partial charge in [0.1, 0.15) is 0 Å². The van der Waals surface area contributed by atoms with E-state index < -0.39 is 0 Å². The molecule has 0 aliphatic carbocycles. The number of nitrogens with zero attached hydrogens (tertiary/aromatic N) is 1. The van der Waals surface area contributed by atoms with E-state index >= 15 is 0 Å². The van der Waals surface area contributed by atoms with Crippen LogP contribution in [0, 0.1) is 5.92 Å². The monoisotopic (exact) mass is 241 g/mol. The van der Waals surface area contributed by atoms with E-state index in [-0.39, 0.29) is 23.8 Å². The molecule has 2 atom stereocenters. The van der Waals surface area contributed by atoms with Crippen LogP contribution in [0.4, 0.5) is 0 Å². The highest BCUT2D eigenvalue weighted by atomic mass is 16.2. The number of nitrogens with one attached hydrogen (secondary N) is 1.